The average Bonchev–Trinajstić information content (AvgIpc) is 2.77. The number of rotatable bonds is 9. The van der Waals surface area contributed by atoms with E-state index < -0.39 is 10.0 Å². The highest BCUT2D eigenvalue weighted by Crippen LogP contribution is 2.18. The summed E-state index contributed by atoms with van der Waals surface area (Å²) in [5.41, 5.74) is 1.95. The molecule has 168 valence electrons. The van der Waals surface area contributed by atoms with Gasteiger partial charge in [0.05, 0.1) is 18.6 Å². The van der Waals surface area contributed by atoms with E-state index in [9.17, 15) is 13.2 Å². The standard InChI is InChI=1S/C23H31N3O4S/c1-18-9-11-21(12-10-18)31(28,29)25-14-19-6-5-13-26(16-19)17-23(27)24-15-20-7-3-4-8-22(20)30-2/h3-4,7-12,19,25H,5-6,13-17H2,1-2H3,(H,24,27). The molecule has 1 saturated heterocycles. The fourth-order valence-corrected chi connectivity index (χ4v) is 4.91. The number of piperidine rings is 1. The van der Waals surface area contributed by atoms with Crippen molar-refractivity contribution in [2.75, 3.05) is 33.3 Å². The van der Waals surface area contributed by atoms with Crippen LogP contribution in [0.2, 0.25) is 0 Å². The monoisotopic (exact) mass is 445 g/mol. The second-order valence-electron chi connectivity index (χ2n) is 8.00. The largest absolute Gasteiger partial charge is 0.496 e. The molecule has 0 spiro atoms. The van der Waals surface area contributed by atoms with Crippen molar-refractivity contribution < 1.29 is 17.9 Å². The van der Waals surface area contributed by atoms with Crippen molar-refractivity contribution >= 4 is 15.9 Å². The van der Waals surface area contributed by atoms with Crippen molar-refractivity contribution in [3.05, 3.63) is 59.7 Å². The number of carbonyl (C=O) groups is 1. The molecule has 1 unspecified atom stereocenters. The summed E-state index contributed by atoms with van der Waals surface area (Å²) in [4.78, 5) is 14.8. The predicted molar refractivity (Wildman–Crippen MR) is 120 cm³/mol. The second-order valence-corrected chi connectivity index (χ2v) is 9.76. The summed E-state index contributed by atoms with van der Waals surface area (Å²) >= 11 is 0. The van der Waals surface area contributed by atoms with Crippen LogP contribution in [0, 0.1) is 12.8 Å². The number of nitrogens with one attached hydrogen (secondary N) is 2. The maximum atomic E-state index is 12.5. The Morgan fingerprint density at radius 2 is 1.90 bits per heavy atom. The Labute approximate surface area is 184 Å². The van der Waals surface area contributed by atoms with E-state index in [1.165, 1.54) is 0 Å². The Bertz CT molecular complexity index is 977. The average molecular weight is 446 g/mol. The molecule has 1 atom stereocenters. The Kier molecular flexibility index (Phi) is 8.06. The van der Waals surface area contributed by atoms with E-state index in [0.717, 1.165) is 36.3 Å². The Morgan fingerprint density at radius 3 is 2.65 bits per heavy atom. The molecule has 2 N–H and O–H groups in total. The van der Waals surface area contributed by atoms with Gasteiger partial charge in [0.1, 0.15) is 5.75 Å². The van der Waals surface area contributed by atoms with Crippen molar-refractivity contribution in [1.82, 2.24) is 14.9 Å². The zero-order valence-corrected chi connectivity index (χ0v) is 19.0. The van der Waals surface area contributed by atoms with Crippen LogP contribution in [0.1, 0.15) is 24.0 Å². The predicted octanol–water partition coefficient (Wildman–Crippen LogP) is 2.31. The highest BCUT2D eigenvalue weighted by molar-refractivity contribution is 7.89. The third-order valence-corrected chi connectivity index (χ3v) is 6.97. The Morgan fingerprint density at radius 1 is 1.16 bits per heavy atom. The number of amides is 1. The molecule has 1 aliphatic heterocycles. The molecule has 1 aliphatic rings. The third kappa shape index (κ3) is 6.78. The minimum Gasteiger partial charge on any atom is -0.496 e. The van der Waals surface area contributed by atoms with Crippen molar-refractivity contribution in [3.8, 4) is 5.75 Å². The van der Waals surface area contributed by atoms with Gasteiger partial charge in [0, 0.05) is 25.2 Å². The summed E-state index contributed by atoms with van der Waals surface area (Å²) < 4.78 is 33.1. The van der Waals surface area contributed by atoms with Crippen molar-refractivity contribution in [1.29, 1.82) is 0 Å². The van der Waals surface area contributed by atoms with Crippen LogP contribution in [0.15, 0.2) is 53.4 Å². The molecule has 7 nitrogen and oxygen atoms in total. The van der Waals surface area contributed by atoms with Crippen LogP contribution in [0.4, 0.5) is 0 Å². The summed E-state index contributed by atoms with van der Waals surface area (Å²) in [6.45, 7) is 4.54. The van der Waals surface area contributed by atoms with E-state index in [0.29, 0.717) is 26.2 Å². The van der Waals surface area contributed by atoms with E-state index in [4.69, 9.17) is 4.74 Å². The molecule has 0 radical (unpaired) electrons. The van der Waals surface area contributed by atoms with Crippen LogP contribution < -0.4 is 14.8 Å². The molecule has 31 heavy (non-hydrogen) atoms. The maximum Gasteiger partial charge on any atom is 0.240 e. The van der Waals surface area contributed by atoms with Gasteiger partial charge < -0.3 is 10.1 Å². The first kappa shape index (κ1) is 23.2. The number of sulfonamides is 1. The van der Waals surface area contributed by atoms with Gasteiger partial charge in [-0.1, -0.05) is 35.9 Å². The number of aryl methyl sites for hydroxylation is 1. The molecular weight excluding hydrogens is 414 g/mol. The van der Waals surface area contributed by atoms with Crippen LogP contribution in [-0.2, 0) is 21.4 Å². The maximum absolute atomic E-state index is 12.5. The van der Waals surface area contributed by atoms with E-state index in [1.807, 2.05) is 31.2 Å². The molecule has 0 bridgehead atoms. The molecule has 8 heteroatoms. The Balaban J connectivity index is 1.46. The van der Waals surface area contributed by atoms with E-state index in [1.54, 1.807) is 31.4 Å². The van der Waals surface area contributed by atoms with E-state index in [2.05, 4.69) is 14.9 Å². The van der Waals surface area contributed by atoms with Gasteiger partial charge in [0.25, 0.3) is 0 Å². The number of hydrogen-bond acceptors (Lipinski definition) is 5. The van der Waals surface area contributed by atoms with Crippen LogP contribution in [0.25, 0.3) is 0 Å². The summed E-state index contributed by atoms with van der Waals surface area (Å²) in [6.07, 6.45) is 1.88. The topological polar surface area (TPSA) is 87.7 Å². The van der Waals surface area contributed by atoms with Crippen molar-refractivity contribution in [3.63, 3.8) is 0 Å². The summed E-state index contributed by atoms with van der Waals surface area (Å²) in [5.74, 6) is 0.879. The summed E-state index contributed by atoms with van der Waals surface area (Å²) in [7, 11) is -1.91. The first-order chi connectivity index (χ1) is 14.9. The van der Waals surface area contributed by atoms with E-state index in [-0.39, 0.29) is 16.7 Å². The first-order valence-corrected chi connectivity index (χ1v) is 12.0. The van der Waals surface area contributed by atoms with Gasteiger partial charge in [-0.25, -0.2) is 13.1 Å². The number of para-hydroxylation sites is 1. The van der Waals surface area contributed by atoms with Crippen LogP contribution in [-0.4, -0.2) is 52.5 Å². The molecular formula is C23H31N3O4S. The fraction of sp³-hybridized carbons (Fsp3) is 0.435. The van der Waals surface area contributed by atoms with Crippen molar-refractivity contribution in [2.45, 2.75) is 31.2 Å². The lowest BCUT2D eigenvalue weighted by Gasteiger charge is -2.32. The number of carbonyl (C=O) groups excluding carboxylic acids is 1. The zero-order chi connectivity index (χ0) is 22.3. The van der Waals surface area contributed by atoms with Gasteiger partial charge in [-0.2, -0.15) is 0 Å². The first-order valence-electron chi connectivity index (χ1n) is 10.5. The van der Waals surface area contributed by atoms with Gasteiger partial charge in [0.2, 0.25) is 15.9 Å². The minimum atomic E-state index is -3.52. The summed E-state index contributed by atoms with van der Waals surface area (Å²) in [6, 6.07) is 14.4. The fourth-order valence-electron chi connectivity index (χ4n) is 3.79. The van der Waals surface area contributed by atoms with E-state index >= 15 is 0 Å². The number of nitrogens with zero attached hydrogens (tertiary/aromatic N) is 1. The Hall–Kier alpha value is -2.42. The molecule has 2 aromatic rings. The smallest absolute Gasteiger partial charge is 0.240 e. The molecule has 3 rings (SSSR count). The lowest BCUT2D eigenvalue weighted by Crippen LogP contribution is -2.45. The number of hydrogen-bond donors (Lipinski definition) is 2. The van der Waals surface area contributed by atoms with Gasteiger partial charge >= 0.3 is 0 Å². The van der Waals surface area contributed by atoms with Gasteiger partial charge in [-0.15, -0.1) is 0 Å². The molecule has 0 aliphatic carbocycles. The molecule has 0 aromatic heterocycles. The SMILES string of the molecule is COc1ccccc1CNC(=O)CN1CCCC(CNS(=O)(=O)c2ccc(C)cc2)C1. The lowest BCUT2D eigenvalue weighted by molar-refractivity contribution is -0.122. The normalized spacial score (nSPS) is 17.3. The van der Waals surface area contributed by atoms with Crippen LogP contribution in [0.3, 0.4) is 0 Å². The van der Waals surface area contributed by atoms with Gasteiger partial charge in [-0.05, 0) is 50.4 Å². The number of ether oxygens (including phenoxy) is 1. The minimum absolute atomic E-state index is 0.0493. The van der Waals surface area contributed by atoms with Gasteiger partial charge in [-0.3, -0.25) is 9.69 Å². The number of methoxy groups -OCH3 is 1. The molecule has 0 saturated carbocycles. The number of benzene rings is 2. The zero-order valence-electron chi connectivity index (χ0n) is 18.1. The lowest BCUT2D eigenvalue weighted by atomic mass is 9.98. The quantitative estimate of drug-likeness (QED) is 0.619. The molecule has 1 amide bonds. The van der Waals surface area contributed by atoms with Crippen LogP contribution >= 0.6 is 0 Å². The summed E-state index contributed by atoms with van der Waals surface area (Å²) in [5, 5.41) is 2.95. The number of likely N-dealkylation sites (tertiary alicyclic amines) is 1. The molecule has 2 aromatic carbocycles. The van der Waals surface area contributed by atoms with Crippen LogP contribution in [0.5, 0.6) is 5.75 Å². The van der Waals surface area contributed by atoms with Crippen molar-refractivity contribution in [2.24, 2.45) is 5.92 Å². The molecule has 1 heterocycles. The highest BCUT2D eigenvalue weighted by Gasteiger charge is 2.23. The third-order valence-electron chi connectivity index (χ3n) is 5.53. The van der Waals surface area contributed by atoms with Gasteiger partial charge in [0.15, 0.2) is 0 Å². The second kappa shape index (κ2) is 10.7. The molecule has 1 fully saturated rings. The highest BCUT2D eigenvalue weighted by atomic mass is 32.2.